The molecule has 2 fully saturated rings. The molecule has 22 heavy (non-hydrogen) atoms. The number of benzene rings is 1. The van der Waals surface area contributed by atoms with Crippen LogP contribution in [0.15, 0.2) is 18.2 Å². The molecule has 3 nitrogen and oxygen atoms in total. The molecule has 1 atom stereocenters. The Kier molecular flexibility index (Phi) is 5.64. The van der Waals surface area contributed by atoms with Gasteiger partial charge in [0.15, 0.2) is 0 Å². The number of piperidine rings is 1. The van der Waals surface area contributed by atoms with Crippen molar-refractivity contribution in [2.45, 2.75) is 37.8 Å². The Morgan fingerprint density at radius 3 is 2.55 bits per heavy atom. The van der Waals surface area contributed by atoms with Gasteiger partial charge in [-0.25, -0.2) is 0 Å². The number of rotatable bonds is 6. The lowest BCUT2D eigenvalue weighted by Crippen LogP contribution is -2.44. The van der Waals surface area contributed by atoms with Gasteiger partial charge in [0.25, 0.3) is 0 Å². The largest absolute Gasteiger partial charge is 0.387 e. The van der Waals surface area contributed by atoms with Crippen molar-refractivity contribution < 1.29 is 5.11 Å². The molecule has 1 aliphatic carbocycles. The number of aliphatic hydroxyl groups excluding tert-OH is 1. The van der Waals surface area contributed by atoms with Crippen molar-refractivity contribution in [1.82, 2.24) is 10.2 Å². The average molecular weight is 343 g/mol. The Morgan fingerprint density at radius 1 is 1.18 bits per heavy atom. The molecular weight excluding hydrogens is 319 g/mol. The molecule has 0 spiro atoms. The van der Waals surface area contributed by atoms with Gasteiger partial charge in [-0.15, -0.1) is 0 Å². The van der Waals surface area contributed by atoms with Crippen LogP contribution in [-0.2, 0) is 0 Å². The van der Waals surface area contributed by atoms with Gasteiger partial charge in [-0.2, -0.15) is 0 Å². The molecule has 2 aliphatic rings. The van der Waals surface area contributed by atoms with Crippen LogP contribution in [0.5, 0.6) is 0 Å². The van der Waals surface area contributed by atoms with E-state index < -0.39 is 6.10 Å². The van der Waals surface area contributed by atoms with Gasteiger partial charge < -0.3 is 15.3 Å². The zero-order valence-electron chi connectivity index (χ0n) is 12.8. The molecule has 5 heteroatoms. The summed E-state index contributed by atoms with van der Waals surface area (Å²) in [5.74, 6) is 0.971. The minimum absolute atomic E-state index is 0.496. The van der Waals surface area contributed by atoms with Gasteiger partial charge in [-0.1, -0.05) is 29.3 Å². The second-order valence-corrected chi connectivity index (χ2v) is 7.45. The van der Waals surface area contributed by atoms with Crippen LogP contribution in [0, 0.1) is 5.92 Å². The van der Waals surface area contributed by atoms with Crippen LogP contribution in [0.3, 0.4) is 0 Å². The number of aliphatic hydroxyl groups is 1. The lowest BCUT2D eigenvalue weighted by molar-refractivity contribution is 0.150. The molecule has 1 heterocycles. The van der Waals surface area contributed by atoms with E-state index in [2.05, 4.69) is 10.2 Å². The highest BCUT2D eigenvalue weighted by Gasteiger charge is 2.27. The van der Waals surface area contributed by atoms with Crippen molar-refractivity contribution in [1.29, 1.82) is 0 Å². The highest BCUT2D eigenvalue weighted by atomic mass is 35.5. The van der Waals surface area contributed by atoms with Crippen LogP contribution in [0.25, 0.3) is 0 Å². The SMILES string of the molecule is OC(CNC1CCN(CC2CC2)CC1)c1ccc(Cl)cc1Cl. The van der Waals surface area contributed by atoms with Gasteiger partial charge in [-0.05, 0) is 56.8 Å². The van der Waals surface area contributed by atoms with Gasteiger partial charge in [0, 0.05) is 34.7 Å². The molecule has 1 saturated carbocycles. The third-order valence-electron chi connectivity index (χ3n) is 4.72. The van der Waals surface area contributed by atoms with Crippen LogP contribution < -0.4 is 5.32 Å². The van der Waals surface area contributed by atoms with Crippen molar-refractivity contribution in [2.24, 2.45) is 5.92 Å². The Morgan fingerprint density at radius 2 is 1.91 bits per heavy atom. The first kappa shape index (κ1) is 16.5. The number of likely N-dealkylation sites (tertiary alicyclic amines) is 1. The highest BCUT2D eigenvalue weighted by molar-refractivity contribution is 6.35. The van der Waals surface area contributed by atoms with Crippen LogP contribution in [-0.4, -0.2) is 42.2 Å². The maximum atomic E-state index is 10.3. The smallest absolute Gasteiger partial charge is 0.0928 e. The summed E-state index contributed by atoms with van der Waals surface area (Å²) in [6.07, 6.45) is 4.58. The Labute approximate surface area is 142 Å². The molecular formula is C17H24Cl2N2O. The summed E-state index contributed by atoms with van der Waals surface area (Å²) in [6, 6.07) is 5.74. The molecule has 0 aromatic heterocycles. The molecule has 2 N–H and O–H groups in total. The van der Waals surface area contributed by atoms with E-state index in [0.29, 0.717) is 22.6 Å². The third kappa shape index (κ3) is 4.59. The fourth-order valence-electron chi connectivity index (χ4n) is 3.15. The predicted octanol–water partition coefficient (Wildman–Crippen LogP) is 3.49. The standard InChI is InChI=1S/C17H24Cl2N2O/c18-13-3-4-15(16(19)9-13)17(22)10-20-14-5-7-21(8-6-14)11-12-1-2-12/h3-4,9,12,14,17,20,22H,1-2,5-8,10-11H2. The molecule has 1 aromatic carbocycles. The normalized spacial score (nSPS) is 22.0. The number of nitrogens with one attached hydrogen (secondary N) is 1. The summed E-state index contributed by atoms with van der Waals surface area (Å²) in [5.41, 5.74) is 0.740. The Bertz CT molecular complexity index is 499. The first-order valence-corrected chi connectivity index (χ1v) is 8.96. The van der Waals surface area contributed by atoms with Crippen molar-refractivity contribution in [3.8, 4) is 0 Å². The van der Waals surface area contributed by atoms with Crippen molar-refractivity contribution in [3.63, 3.8) is 0 Å². The molecule has 1 saturated heterocycles. The van der Waals surface area contributed by atoms with Gasteiger partial charge in [-0.3, -0.25) is 0 Å². The summed E-state index contributed by atoms with van der Waals surface area (Å²) in [5, 5.41) is 14.9. The summed E-state index contributed by atoms with van der Waals surface area (Å²) < 4.78 is 0. The van der Waals surface area contributed by atoms with Crippen LogP contribution in [0.1, 0.15) is 37.4 Å². The number of hydrogen-bond acceptors (Lipinski definition) is 3. The second kappa shape index (κ2) is 7.50. The van der Waals surface area contributed by atoms with Crippen LogP contribution >= 0.6 is 23.2 Å². The van der Waals surface area contributed by atoms with E-state index >= 15 is 0 Å². The highest BCUT2D eigenvalue weighted by Crippen LogP contribution is 2.30. The molecule has 0 bridgehead atoms. The van der Waals surface area contributed by atoms with Crippen molar-refractivity contribution in [2.75, 3.05) is 26.2 Å². The number of halogens is 2. The maximum Gasteiger partial charge on any atom is 0.0928 e. The zero-order valence-corrected chi connectivity index (χ0v) is 14.3. The fraction of sp³-hybridized carbons (Fsp3) is 0.647. The second-order valence-electron chi connectivity index (χ2n) is 6.61. The van der Waals surface area contributed by atoms with E-state index in [9.17, 15) is 5.11 Å². The fourth-order valence-corrected chi connectivity index (χ4v) is 3.68. The minimum Gasteiger partial charge on any atom is -0.387 e. The summed E-state index contributed by atoms with van der Waals surface area (Å²) >= 11 is 12.0. The first-order valence-electron chi connectivity index (χ1n) is 8.20. The van der Waals surface area contributed by atoms with Gasteiger partial charge in [0.2, 0.25) is 0 Å². The number of nitrogens with zero attached hydrogens (tertiary/aromatic N) is 1. The molecule has 0 amide bonds. The van der Waals surface area contributed by atoms with Gasteiger partial charge in [0.1, 0.15) is 0 Å². The molecule has 1 aromatic rings. The lowest BCUT2D eigenvalue weighted by Gasteiger charge is -2.33. The lowest BCUT2D eigenvalue weighted by atomic mass is 10.0. The summed E-state index contributed by atoms with van der Waals surface area (Å²) in [7, 11) is 0. The van der Waals surface area contributed by atoms with E-state index in [1.807, 2.05) is 0 Å². The Balaban J connectivity index is 1.42. The maximum absolute atomic E-state index is 10.3. The average Bonchev–Trinajstić information content (AvgIpc) is 3.30. The van der Waals surface area contributed by atoms with E-state index in [1.54, 1.807) is 18.2 Å². The quantitative estimate of drug-likeness (QED) is 0.830. The van der Waals surface area contributed by atoms with E-state index in [-0.39, 0.29) is 0 Å². The summed E-state index contributed by atoms with van der Waals surface area (Å²) in [4.78, 5) is 2.59. The molecule has 3 rings (SSSR count). The molecule has 0 radical (unpaired) electrons. The van der Waals surface area contributed by atoms with E-state index in [1.165, 1.54) is 32.5 Å². The predicted molar refractivity (Wildman–Crippen MR) is 91.6 cm³/mol. The zero-order chi connectivity index (χ0) is 15.5. The van der Waals surface area contributed by atoms with Crippen LogP contribution in [0.2, 0.25) is 10.0 Å². The van der Waals surface area contributed by atoms with Gasteiger partial charge >= 0.3 is 0 Å². The van der Waals surface area contributed by atoms with Crippen molar-refractivity contribution >= 4 is 23.2 Å². The molecule has 1 unspecified atom stereocenters. The van der Waals surface area contributed by atoms with E-state index in [0.717, 1.165) is 24.3 Å². The van der Waals surface area contributed by atoms with Crippen LogP contribution in [0.4, 0.5) is 0 Å². The first-order chi connectivity index (χ1) is 10.6. The molecule has 122 valence electrons. The third-order valence-corrected chi connectivity index (χ3v) is 5.28. The number of hydrogen-bond donors (Lipinski definition) is 2. The summed E-state index contributed by atoms with van der Waals surface area (Å²) in [6.45, 7) is 4.17. The van der Waals surface area contributed by atoms with E-state index in [4.69, 9.17) is 23.2 Å². The topological polar surface area (TPSA) is 35.5 Å². The monoisotopic (exact) mass is 342 g/mol. The Hall–Kier alpha value is -0.320. The molecule has 1 aliphatic heterocycles. The van der Waals surface area contributed by atoms with Gasteiger partial charge in [0.05, 0.1) is 6.10 Å². The van der Waals surface area contributed by atoms with Crippen molar-refractivity contribution in [3.05, 3.63) is 33.8 Å². The minimum atomic E-state index is -0.589.